The minimum atomic E-state index is -0.744. The van der Waals surface area contributed by atoms with E-state index in [2.05, 4.69) is 10.5 Å². The van der Waals surface area contributed by atoms with E-state index in [9.17, 15) is 14.9 Å². The number of non-ortho nitro benzene ring substituents is 1. The van der Waals surface area contributed by atoms with Gasteiger partial charge in [-0.1, -0.05) is 42.5 Å². The van der Waals surface area contributed by atoms with Crippen molar-refractivity contribution in [1.82, 2.24) is 5.43 Å². The predicted molar refractivity (Wildman–Crippen MR) is 111 cm³/mol. The van der Waals surface area contributed by atoms with E-state index in [-0.39, 0.29) is 5.69 Å². The molecule has 29 heavy (non-hydrogen) atoms. The molecule has 0 fully saturated rings. The van der Waals surface area contributed by atoms with Crippen LogP contribution in [0, 0.1) is 10.1 Å². The lowest BCUT2D eigenvalue weighted by molar-refractivity contribution is -0.384. The number of hydrazone groups is 1. The molecule has 1 atom stereocenters. The summed E-state index contributed by atoms with van der Waals surface area (Å²) in [6.45, 7) is 1.63. The zero-order valence-corrected chi connectivity index (χ0v) is 15.7. The molecule has 0 radical (unpaired) electrons. The summed E-state index contributed by atoms with van der Waals surface area (Å²) in [7, 11) is 0. The standard InChI is InChI=1S/C22H19N3O4/c1-16(22(26)24-23-15-17-7-11-20(12-8-17)25(27)28)29-21-13-9-19(10-14-21)18-5-3-2-4-6-18/h2-16H,1H3,(H,24,26). The molecule has 0 saturated heterocycles. The second-order valence-electron chi connectivity index (χ2n) is 6.23. The number of benzene rings is 3. The van der Waals surface area contributed by atoms with Crippen LogP contribution in [0.5, 0.6) is 5.75 Å². The summed E-state index contributed by atoms with van der Waals surface area (Å²) in [6, 6.07) is 23.3. The first-order valence-corrected chi connectivity index (χ1v) is 8.92. The second kappa shape index (κ2) is 9.27. The quantitative estimate of drug-likeness (QED) is 0.373. The van der Waals surface area contributed by atoms with Crippen LogP contribution >= 0.6 is 0 Å². The predicted octanol–water partition coefficient (Wildman–Crippen LogP) is 4.18. The van der Waals surface area contributed by atoms with E-state index in [0.29, 0.717) is 11.3 Å². The Labute approximate surface area is 167 Å². The maximum absolute atomic E-state index is 12.1. The molecule has 0 aromatic heterocycles. The molecule has 1 N–H and O–H groups in total. The third-order valence-corrected chi connectivity index (χ3v) is 4.14. The summed E-state index contributed by atoms with van der Waals surface area (Å²) in [6.07, 6.45) is 0.662. The van der Waals surface area contributed by atoms with Crippen LogP contribution in [-0.4, -0.2) is 23.1 Å². The number of ether oxygens (including phenoxy) is 1. The highest BCUT2D eigenvalue weighted by Crippen LogP contribution is 2.22. The molecule has 3 rings (SSSR count). The molecule has 0 aliphatic carbocycles. The molecular formula is C22H19N3O4. The summed E-state index contributed by atoms with van der Waals surface area (Å²) in [5, 5.41) is 14.5. The Balaban J connectivity index is 1.53. The molecule has 3 aromatic rings. The van der Waals surface area contributed by atoms with E-state index < -0.39 is 16.9 Å². The first-order valence-electron chi connectivity index (χ1n) is 8.92. The Morgan fingerprint density at radius 3 is 2.24 bits per heavy atom. The fourth-order valence-corrected chi connectivity index (χ4v) is 2.56. The fraction of sp³-hybridized carbons (Fsp3) is 0.0909. The number of rotatable bonds is 7. The van der Waals surface area contributed by atoms with Crippen molar-refractivity contribution >= 4 is 17.8 Å². The number of hydrogen-bond donors (Lipinski definition) is 1. The lowest BCUT2D eigenvalue weighted by atomic mass is 10.1. The maximum Gasteiger partial charge on any atom is 0.280 e. The largest absolute Gasteiger partial charge is 0.481 e. The molecule has 1 amide bonds. The van der Waals surface area contributed by atoms with Crippen molar-refractivity contribution in [3.05, 3.63) is 94.5 Å². The Morgan fingerprint density at radius 2 is 1.62 bits per heavy atom. The van der Waals surface area contributed by atoms with Crippen LogP contribution in [0.25, 0.3) is 11.1 Å². The monoisotopic (exact) mass is 389 g/mol. The Hall–Kier alpha value is -4.00. The fourth-order valence-electron chi connectivity index (χ4n) is 2.56. The minimum absolute atomic E-state index is 0.00788. The first kappa shape index (κ1) is 19.8. The van der Waals surface area contributed by atoms with Crippen LogP contribution in [0.1, 0.15) is 12.5 Å². The lowest BCUT2D eigenvalue weighted by Gasteiger charge is -2.13. The summed E-state index contributed by atoms with van der Waals surface area (Å²) >= 11 is 0. The van der Waals surface area contributed by atoms with Gasteiger partial charge in [0.05, 0.1) is 11.1 Å². The molecule has 146 valence electrons. The van der Waals surface area contributed by atoms with Crippen molar-refractivity contribution < 1.29 is 14.5 Å². The molecule has 3 aromatic carbocycles. The SMILES string of the molecule is CC(Oc1ccc(-c2ccccc2)cc1)C(=O)NN=Cc1ccc([N+](=O)[O-])cc1. The number of nitro benzene ring substituents is 1. The average molecular weight is 389 g/mol. The number of amides is 1. The van der Waals surface area contributed by atoms with Gasteiger partial charge >= 0.3 is 0 Å². The van der Waals surface area contributed by atoms with Gasteiger partial charge in [0.2, 0.25) is 0 Å². The smallest absolute Gasteiger partial charge is 0.280 e. The Bertz CT molecular complexity index is 1000. The highest BCUT2D eigenvalue weighted by Gasteiger charge is 2.14. The third kappa shape index (κ3) is 5.49. The summed E-state index contributed by atoms with van der Waals surface area (Å²) < 4.78 is 5.65. The summed E-state index contributed by atoms with van der Waals surface area (Å²) in [5.74, 6) is 0.168. The second-order valence-corrected chi connectivity index (χ2v) is 6.23. The van der Waals surface area contributed by atoms with Gasteiger partial charge in [-0.3, -0.25) is 14.9 Å². The Kier molecular flexibility index (Phi) is 6.32. The number of carbonyl (C=O) groups is 1. The Morgan fingerprint density at radius 1 is 1.00 bits per heavy atom. The lowest BCUT2D eigenvalue weighted by Crippen LogP contribution is -2.33. The minimum Gasteiger partial charge on any atom is -0.481 e. The third-order valence-electron chi connectivity index (χ3n) is 4.14. The normalized spacial score (nSPS) is 11.8. The number of nitrogens with one attached hydrogen (secondary N) is 1. The zero-order valence-electron chi connectivity index (χ0n) is 15.7. The molecular weight excluding hydrogens is 370 g/mol. The highest BCUT2D eigenvalue weighted by atomic mass is 16.6. The van der Waals surface area contributed by atoms with Gasteiger partial charge in [-0.05, 0) is 47.9 Å². The van der Waals surface area contributed by atoms with Crippen molar-refractivity contribution in [2.24, 2.45) is 5.10 Å². The highest BCUT2D eigenvalue weighted by molar-refractivity contribution is 5.84. The summed E-state index contributed by atoms with van der Waals surface area (Å²) in [5.41, 5.74) is 5.18. The molecule has 0 spiro atoms. The van der Waals surface area contributed by atoms with E-state index in [1.54, 1.807) is 19.1 Å². The van der Waals surface area contributed by atoms with Gasteiger partial charge in [0.25, 0.3) is 11.6 Å². The van der Waals surface area contributed by atoms with Crippen LogP contribution in [0.3, 0.4) is 0 Å². The molecule has 7 heteroatoms. The van der Waals surface area contributed by atoms with E-state index in [0.717, 1.165) is 11.1 Å². The van der Waals surface area contributed by atoms with Gasteiger partial charge < -0.3 is 4.74 Å². The molecule has 0 aliphatic heterocycles. The molecule has 0 aliphatic rings. The van der Waals surface area contributed by atoms with Crippen LogP contribution in [-0.2, 0) is 4.79 Å². The number of nitro groups is 1. The van der Waals surface area contributed by atoms with Gasteiger partial charge in [0.15, 0.2) is 6.10 Å². The van der Waals surface area contributed by atoms with Crippen molar-refractivity contribution in [2.75, 3.05) is 0 Å². The average Bonchev–Trinajstić information content (AvgIpc) is 2.75. The van der Waals surface area contributed by atoms with E-state index in [1.807, 2.05) is 54.6 Å². The van der Waals surface area contributed by atoms with Gasteiger partial charge in [-0.15, -0.1) is 0 Å². The van der Waals surface area contributed by atoms with Crippen LogP contribution in [0.2, 0.25) is 0 Å². The van der Waals surface area contributed by atoms with Gasteiger partial charge in [-0.2, -0.15) is 5.10 Å². The van der Waals surface area contributed by atoms with Crippen molar-refractivity contribution in [2.45, 2.75) is 13.0 Å². The van der Waals surface area contributed by atoms with Crippen LogP contribution in [0.15, 0.2) is 84.0 Å². The topological polar surface area (TPSA) is 93.8 Å². The van der Waals surface area contributed by atoms with E-state index in [1.165, 1.54) is 18.3 Å². The first-order chi connectivity index (χ1) is 14.0. The molecule has 1 unspecified atom stereocenters. The van der Waals surface area contributed by atoms with Gasteiger partial charge in [-0.25, -0.2) is 5.43 Å². The van der Waals surface area contributed by atoms with Crippen molar-refractivity contribution in [3.8, 4) is 16.9 Å². The molecule has 0 bridgehead atoms. The zero-order chi connectivity index (χ0) is 20.6. The summed E-state index contributed by atoms with van der Waals surface area (Å²) in [4.78, 5) is 22.3. The van der Waals surface area contributed by atoms with Gasteiger partial charge in [0.1, 0.15) is 5.75 Å². The van der Waals surface area contributed by atoms with E-state index in [4.69, 9.17) is 4.74 Å². The van der Waals surface area contributed by atoms with Crippen molar-refractivity contribution in [1.29, 1.82) is 0 Å². The van der Waals surface area contributed by atoms with Crippen molar-refractivity contribution in [3.63, 3.8) is 0 Å². The number of nitrogens with zero attached hydrogens (tertiary/aromatic N) is 2. The number of carbonyl (C=O) groups excluding carboxylic acids is 1. The van der Waals surface area contributed by atoms with Crippen LogP contribution < -0.4 is 10.2 Å². The molecule has 7 nitrogen and oxygen atoms in total. The maximum atomic E-state index is 12.1. The van der Waals surface area contributed by atoms with E-state index >= 15 is 0 Å². The van der Waals surface area contributed by atoms with Gasteiger partial charge in [0, 0.05) is 12.1 Å². The molecule has 0 saturated carbocycles. The molecule has 0 heterocycles. The number of hydrogen-bond acceptors (Lipinski definition) is 5. The van der Waals surface area contributed by atoms with Crippen LogP contribution in [0.4, 0.5) is 5.69 Å².